The molecule has 0 spiro atoms. The first-order valence-electron chi connectivity index (χ1n) is 6.01. The van der Waals surface area contributed by atoms with Crippen LogP contribution >= 0.6 is 15.9 Å². The molecule has 17 heavy (non-hydrogen) atoms. The first kappa shape index (κ1) is 12.6. The van der Waals surface area contributed by atoms with Crippen LogP contribution in [0.2, 0.25) is 0 Å². The molecule has 0 aliphatic heterocycles. The van der Waals surface area contributed by atoms with Crippen molar-refractivity contribution in [1.82, 2.24) is 15.1 Å². The minimum absolute atomic E-state index is 0.00843. The summed E-state index contributed by atoms with van der Waals surface area (Å²) < 4.78 is 1.70. The molecule has 1 N–H and O–H groups in total. The Hall–Kier alpha value is -0.840. The zero-order valence-electron chi connectivity index (χ0n) is 10.3. The van der Waals surface area contributed by atoms with Gasteiger partial charge in [0.05, 0.1) is 16.8 Å². The monoisotopic (exact) mass is 299 g/mol. The van der Waals surface area contributed by atoms with Crippen molar-refractivity contribution in [1.29, 1.82) is 0 Å². The SMILES string of the molecule is CCc1nn(C)cc1C(=O)NC1(CBr)CCC1. The van der Waals surface area contributed by atoms with Crippen molar-refractivity contribution in [2.24, 2.45) is 7.05 Å². The molecule has 94 valence electrons. The normalized spacial score (nSPS) is 17.6. The Kier molecular flexibility index (Phi) is 3.56. The highest BCUT2D eigenvalue weighted by Crippen LogP contribution is 2.33. The van der Waals surface area contributed by atoms with Crippen LogP contribution in [-0.4, -0.2) is 26.6 Å². The summed E-state index contributed by atoms with van der Waals surface area (Å²) in [7, 11) is 1.85. The Labute approximate surface area is 110 Å². The second kappa shape index (κ2) is 4.80. The Balaban J connectivity index is 2.14. The topological polar surface area (TPSA) is 46.9 Å². The van der Waals surface area contributed by atoms with Gasteiger partial charge in [0.15, 0.2) is 0 Å². The maximum atomic E-state index is 12.2. The molecular weight excluding hydrogens is 282 g/mol. The molecule has 0 aromatic carbocycles. The minimum Gasteiger partial charge on any atom is -0.346 e. The highest BCUT2D eigenvalue weighted by Gasteiger charge is 2.37. The molecule has 4 nitrogen and oxygen atoms in total. The van der Waals surface area contributed by atoms with Crippen molar-refractivity contribution in [2.45, 2.75) is 38.1 Å². The molecule has 0 radical (unpaired) electrons. The second-order valence-electron chi connectivity index (χ2n) is 4.74. The van der Waals surface area contributed by atoms with Crippen molar-refractivity contribution >= 4 is 21.8 Å². The van der Waals surface area contributed by atoms with E-state index in [1.807, 2.05) is 14.0 Å². The van der Waals surface area contributed by atoms with Crippen molar-refractivity contribution in [3.63, 3.8) is 0 Å². The number of aromatic nitrogens is 2. The van der Waals surface area contributed by atoms with E-state index in [0.29, 0.717) is 5.56 Å². The Bertz CT molecular complexity index is 418. The van der Waals surface area contributed by atoms with E-state index in [1.165, 1.54) is 6.42 Å². The number of carbonyl (C=O) groups is 1. The van der Waals surface area contributed by atoms with E-state index in [9.17, 15) is 4.79 Å². The number of hydrogen-bond donors (Lipinski definition) is 1. The van der Waals surface area contributed by atoms with Gasteiger partial charge in [-0.3, -0.25) is 9.48 Å². The van der Waals surface area contributed by atoms with Gasteiger partial charge in [0.1, 0.15) is 0 Å². The lowest BCUT2D eigenvalue weighted by molar-refractivity contribution is 0.0855. The third-order valence-electron chi connectivity index (χ3n) is 3.43. The van der Waals surface area contributed by atoms with E-state index < -0.39 is 0 Å². The first-order valence-corrected chi connectivity index (χ1v) is 7.13. The molecule has 1 amide bonds. The molecule has 0 bridgehead atoms. The highest BCUT2D eigenvalue weighted by molar-refractivity contribution is 9.09. The van der Waals surface area contributed by atoms with E-state index in [2.05, 4.69) is 26.3 Å². The van der Waals surface area contributed by atoms with Crippen molar-refractivity contribution in [2.75, 3.05) is 5.33 Å². The van der Waals surface area contributed by atoms with Crippen molar-refractivity contribution < 1.29 is 4.79 Å². The zero-order valence-corrected chi connectivity index (χ0v) is 11.9. The number of rotatable bonds is 4. The smallest absolute Gasteiger partial charge is 0.255 e. The predicted molar refractivity (Wildman–Crippen MR) is 70.4 cm³/mol. The average Bonchev–Trinajstić information content (AvgIpc) is 2.65. The second-order valence-corrected chi connectivity index (χ2v) is 5.30. The van der Waals surface area contributed by atoms with Crippen LogP contribution in [0.4, 0.5) is 0 Å². The summed E-state index contributed by atoms with van der Waals surface area (Å²) in [4.78, 5) is 12.2. The van der Waals surface area contributed by atoms with Gasteiger partial charge < -0.3 is 5.32 Å². The number of alkyl halides is 1. The molecule has 1 aliphatic rings. The largest absolute Gasteiger partial charge is 0.346 e. The lowest BCUT2D eigenvalue weighted by Crippen LogP contribution is -2.54. The highest BCUT2D eigenvalue weighted by atomic mass is 79.9. The zero-order chi connectivity index (χ0) is 12.5. The van der Waals surface area contributed by atoms with Crippen LogP contribution in [0.25, 0.3) is 0 Å². The van der Waals surface area contributed by atoms with Gasteiger partial charge in [0.25, 0.3) is 5.91 Å². The van der Waals surface area contributed by atoms with Gasteiger partial charge in [-0.1, -0.05) is 22.9 Å². The fourth-order valence-electron chi connectivity index (χ4n) is 2.19. The van der Waals surface area contributed by atoms with Gasteiger partial charge in [-0.25, -0.2) is 0 Å². The Morgan fingerprint density at radius 1 is 1.65 bits per heavy atom. The predicted octanol–water partition coefficient (Wildman–Crippen LogP) is 2.03. The van der Waals surface area contributed by atoms with Gasteiger partial charge in [-0.2, -0.15) is 5.10 Å². The maximum Gasteiger partial charge on any atom is 0.255 e. The van der Waals surface area contributed by atoms with Crippen LogP contribution in [0.3, 0.4) is 0 Å². The third kappa shape index (κ3) is 2.39. The molecule has 1 saturated carbocycles. The van der Waals surface area contributed by atoms with Gasteiger partial charge in [0.2, 0.25) is 0 Å². The molecule has 5 heteroatoms. The van der Waals surface area contributed by atoms with Crippen LogP contribution in [0, 0.1) is 0 Å². The average molecular weight is 300 g/mol. The molecular formula is C12H18BrN3O. The van der Waals surface area contributed by atoms with E-state index in [1.54, 1.807) is 10.9 Å². The summed E-state index contributed by atoms with van der Waals surface area (Å²) in [5.74, 6) is 0.00843. The van der Waals surface area contributed by atoms with Gasteiger partial charge in [-0.15, -0.1) is 0 Å². The molecule has 0 atom stereocenters. The van der Waals surface area contributed by atoms with Crippen LogP contribution in [0.1, 0.15) is 42.2 Å². The third-order valence-corrected chi connectivity index (χ3v) is 4.50. The summed E-state index contributed by atoms with van der Waals surface area (Å²) in [5, 5.41) is 8.27. The summed E-state index contributed by atoms with van der Waals surface area (Å²) in [6.07, 6.45) is 5.90. The number of nitrogens with zero attached hydrogens (tertiary/aromatic N) is 2. The minimum atomic E-state index is -0.0298. The van der Waals surface area contributed by atoms with Crippen molar-refractivity contribution in [3.8, 4) is 0 Å². The molecule has 1 aromatic rings. The Morgan fingerprint density at radius 3 is 2.82 bits per heavy atom. The van der Waals surface area contributed by atoms with E-state index in [0.717, 1.165) is 30.3 Å². The number of amides is 1. The number of halogens is 1. The number of carbonyl (C=O) groups excluding carboxylic acids is 1. The number of hydrogen-bond acceptors (Lipinski definition) is 2. The Morgan fingerprint density at radius 2 is 2.35 bits per heavy atom. The van der Waals surface area contributed by atoms with Crippen LogP contribution in [0.15, 0.2) is 6.20 Å². The summed E-state index contributed by atoms with van der Waals surface area (Å²) in [6, 6.07) is 0. The molecule has 1 aliphatic carbocycles. The lowest BCUT2D eigenvalue weighted by atomic mass is 9.78. The van der Waals surface area contributed by atoms with Gasteiger partial charge in [-0.05, 0) is 25.7 Å². The molecule has 0 unspecified atom stereocenters. The molecule has 1 heterocycles. The fraction of sp³-hybridized carbons (Fsp3) is 0.667. The van der Waals surface area contributed by atoms with Gasteiger partial charge >= 0.3 is 0 Å². The van der Waals surface area contributed by atoms with Crippen LogP contribution in [-0.2, 0) is 13.5 Å². The lowest BCUT2D eigenvalue weighted by Gasteiger charge is -2.41. The van der Waals surface area contributed by atoms with Gasteiger partial charge in [0, 0.05) is 18.6 Å². The summed E-state index contributed by atoms with van der Waals surface area (Å²) in [6.45, 7) is 2.02. The standard InChI is InChI=1S/C12H18BrN3O/c1-3-10-9(7-16(2)15-10)11(17)14-12(8-13)5-4-6-12/h7H,3-6,8H2,1-2H3,(H,14,17). The molecule has 2 rings (SSSR count). The van der Waals surface area contributed by atoms with E-state index in [-0.39, 0.29) is 11.4 Å². The number of nitrogens with one attached hydrogen (secondary N) is 1. The molecule has 1 fully saturated rings. The van der Waals surface area contributed by atoms with E-state index >= 15 is 0 Å². The summed E-state index contributed by atoms with van der Waals surface area (Å²) >= 11 is 3.49. The van der Waals surface area contributed by atoms with E-state index in [4.69, 9.17) is 0 Å². The number of aryl methyl sites for hydroxylation is 2. The summed E-state index contributed by atoms with van der Waals surface area (Å²) in [5.41, 5.74) is 1.55. The maximum absolute atomic E-state index is 12.2. The van der Waals surface area contributed by atoms with Crippen LogP contribution in [0.5, 0.6) is 0 Å². The molecule has 0 saturated heterocycles. The van der Waals surface area contributed by atoms with Crippen LogP contribution < -0.4 is 5.32 Å². The quantitative estimate of drug-likeness (QED) is 0.865. The van der Waals surface area contributed by atoms with Crippen molar-refractivity contribution in [3.05, 3.63) is 17.5 Å². The molecule has 1 aromatic heterocycles. The first-order chi connectivity index (χ1) is 8.10. The fourth-order valence-corrected chi connectivity index (χ4v) is 2.89.